The molecule has 1 aliphatic carbocycles. The van der Waals surface area contributed by atoms with Crippen molar-refractivity contribution in [2.45, 2.75) is 18.8 Å². The van der Waals surface area contributed by atoms with Crippen LogP contribution >= 0.6 is 0 Å². The Morgan fingerprint density at radius 2 is 1.70 bits per heavy atom. The van der Waals surface area contributed by atoms with E-state index in [0.29, 0.717) is 35.9 Å². The average molecular weight is 405 g/mol. The van der Waals surface area contributed by atoms with Crippen molar-refractivity contribution in [3.8, 4) is 17.2 Å². The summed E-state index contributed by atoms with van der Waals surface area (Å²) in [5.74, 6) is 2.62. The van der Waals surface area contributed by atoms with E-state index in [1.807, 2.05) is 42.5 Å². The van der Waals surface area contributed by atoms with Crippen LogP contribution in [0.4, 0.5) is 11.6 Å². The predicted octanol–water partition coefficient (Wildman–Crippen LogP) is 4.16. The van der Waals surface area contributed by atoms with Crippen molar-refractivity contribution in [1.29, 1.82) is 0 Å². The minimum absolute atomic E-state index is 0.0218. The molecule has 0 saturated carbocycles. The Kier molecular flexibility index (Phi) is 5.52. The highest BCUT2D eigenvalue weighted by molar-refractivity contribution is 5.98. The molecule has 1 heterocycles. The monoisotopic (exact) mass is 405 g/mol. The molecule has 0 bridgehead atoms. The summed E-state index contributed by atoms with van der Waals surface area (Å²) in [6.45, 7) is 0. The fourth-order valence-electron chi connectivity index (χ4n) is 3.65. The highest BCUT2D eigenvalue weighted by atomic mass is 16.5. The molecule has 0 radical (unpaired) electrons. The Labute approximate surface area is 175 Å². The third kappa shape index (κ3) is 3.91. The van der Waals surface area contributed by atoms with E-state index in [0.717, 1.165) is 22.7 Å². The summed E-state index contributed by atoms with van der Waals surface area (Å²) in [5, 5.41) is 3.18. The van der Waals surface area contributed by atoms with Crippen LogP contribution in [0.5, 0.6) is 17.2 Å². The number of ether oxygens (including phenoxy) is 3. The van der Waals surface area contributed by atoms with Gasteiger partial charge in [-0.05, 0) is 54.3 Å². The first kappa shape index (κ1) is 19.7. The average Bonchev–Trinajstić information content (AvgIpc) is 2.78. The van der Waals surface area contributed by atoms with Gasteiger partial charge in [-0.2, -0.15) is 0 Å². The van der Waals surface area contributed by atoms with Gasteiger partial charge in [-0.1, -0.05) is 6.07 Å². The quantitative estimate of drug-likeness (QED) is 0.659. The Balaban J connectivity index is 1.58. The standard InChI is InChI=1S/C23H23N3O4/c1-28-17-7-5-16(6-8-17)25-23-24-13-18-19(26-23)10-15(11-20(18)27)14-4-9-21(29-2)22(12-14)30-3/h4-9,12-13,15H,10-11H2,1-3H3,(H,24,25,26)/t15-/m1/s1. The van der Waals surface area contributed by atoms with Crippen molar-refractivity contribution in [2.75, 3.05) is 26.6 Å². The van der Waals surface area contributed by atoms with Crippen molar-refractivity contribution in [3.63, 3.8) is 0 Å². The smallest absolute Gasteiger partial charge is 0.227 e. The number of hydrogen-bond acceptors (Lipinski definition) is 7. The lowest BCUT2D eigenvalue weighted by atomic mass is 9.82. The fraction of sp³-hybridized carbons (Fsp3) is 0.261. The molecule has 2 aromatic carbocycles. The molecular formula is C23H23N3O4. The van der Waals surface area contributed by atoms with Gasteiger partial charge >= 0.3 is 0 Å². The number of ketones is 1. The van der Waals surface area contributed by atoms with Crippen LogP contribution in [0.2, 0.25) is 0 Å². The molecule has 7 heteroatoms. The largest absolute Gasteiger partial charge is 0.497 e. The normalized spacial score (nSPS) is 15.3. The van der Waals surface area contributed by atoms with Crippen molar-refractivity contribution in [2.24, 2.45) is 0 Å². The van der Waals surface area contributed by atoms with Gasteiger partial charge in [0, 0.05) is 18.3 Å². The summed E-state index contributed by atoms with van der Waals surface area (Å²) in [5.41, 5.74) is 3.20. The van der Waals surface area contributed by atoms with Gasteiger partial charge < -0.3 is 19.5 Å². The summed E-state index contributed by atoms with van der Waals surface area (Å²) in [6.07, 6.45) is 2.68. The van der Waals surface area contributed by atoms with E-state index in [9.17, 15) is 4.79 Å². The molecule has 0 unspecified atom stereocenters. The van der Waals surface area contributed by atoms with E-state index >= 15 is 0 Å². The molecule has 1 aromatic heterocycles. The lowest BCUT2D eigenvalue weighted by Gasteiger charge is -2.24. The van der Waals surface area contributed by atoms with Crippen LogP contribution in [0.3, 0.4) is 0 Å². The first-order valence-corrected chi connectivity index (χ1v) is 9.63. The van der Waals surface area contributed by atoms with Crippen LogP contribution in [-0.2, 0) is 6.42 Å². The van der Waals surface area contributed by atoms with Crippen LogP contribution < -0.4 is 19.5 Å². The maximum Gasteiger partial charge on any atom is 0.227 e. The van der Waals surface area contributed by atoms with E-state index in [1.165, 1.54) is 0 Å². The van der Waals surface area contributed by atoms with Crippen LogP contribution in [0.15, 0.2) is 48.7 Å². The molecule has 1 aliphatic rings. The Morgan fingerprint density at radius 1 is 0.933 bits per heavy atom. The number of anilines is 2. The second-order valence-corrected chi connectivity index (χ2v) is 7.05. The maximum atomic E-state index is 12.7. The Morgan fingerprint density at radius 3 is 2.40 bits per heavy atom. The van der Waals surface area contributed by atoms with Gasteiger partial charge in [0.2, 0.25) is 5.95 Å². The third-order valence-electron chi connectivity index (χ3n) is 5.26. The summed E-state index contributed by atoms with van der Waals surface area (Å²) in [7, 11) is 4.83. The van der Waals surface area contributed by atoms with Gasteiger partial charge in [0.05, 0.1) is 32.6 Å². The highest BCUT2D eigenvalue weighted by Crippen LogP contribution is 2.36. The molecule has 0 saturated heterocycles. The summed E-state index contributed by atoms with van der Waals surface area (Å²) in [6, 6.07) is 13.3. The number of aromatic nitrogens is 2. The minimum Gasteiger partial charge on any atom is -0.497 e. The molecule has 30 heavy (non-hydrogen) atoms. The number of fused-ring (bicyclic) bond motifs is 1. The molecule has 1 N–H and O–H groups in total. The summed E-state index contributed by atoms with van der Waals surface area (Å²) >= 11 is 0. The van der Waals surface area contributed by atoms with Gasteiger partial charge in [-0.3, -0.25) is 4.79 Å². The van der Waals surface area contributed by atoms with Crippen molar-refractivity contribution in [3.05, 3.63) is 65.5 Å². The minimum atomic E-state index is 0.0218. The number of carbonyl (C=O) groups is 1. The SMILES string of the molecule is COc1ccc(Nc2ncc3c(n2)C[C@@H](c2ccc(OC)c(OC)c2)CC3=O)cc1. The molecule has 0 amide bonds. The van der Waals surface area contributed by atoms with Crippen LogP contribution in [0, 0.1) is 0 Å². The summed E-state index contributed by atoms with van der Waals surface area (Å²) < 4.78 is 15.9. The van der Waals surface area contributed by atoms with Crippen LogP contribution in [-0.4, -0.2) is 37.1 Å². The zero-order valence-corrected chi connectivity index (χ0v) is 17.1. The molecule has 154 valence electrons. The second-order valence-electron chi connectivity index (χ2n) is 7.05. The predicted molar refractivity (Wildman–Crippen MR) is 113 cm³/mol. The number of benzene rings is 2. The molecule has 1 atom stereocenters. The van der Waals surface area contributed by atoms with Gasteiger partial charge in [-0.15, -0.1) is 0 Å². The second kappa shape index (κ2) is 8.41. The summed E-state index contributed by atoms with van der Waals surface area (Å²) in [4.78, 5) is 21.7. The Hall–Kier alpha value is -3.61. The zero-order chi connectivity index (χ0) is 21.1. The molecule has 7 nitrogen and oxygen atoms in total. The fourth-order valence-corrected chi connectivity index (χ4v) is 3.65. The molecule has 4 rings (SSSR count). The Bertz CT molecular complexity index is 1070. The van der Waals surface area contributed by atoms with Gasteiger partial charge in [0.1, 0.15) is 5.75 Å². The molecule has 0 fully saturated rings. The molecule has 3 aromatic rings. The number of nitrogens with zero attached hydrogens (tertiary/aromatic N) is 2. The van der Waals surface area contributed by atoms with E-state index in [-0.39, 0.29) is 11.7 Å². The number of hydrogen-bond donors (Lipinski definition) is 1. The van der Waals surface area contributed by atoms with Gasteiger partial charge in [-0.25, -0.2) is 9.97 Å². The van der Waals surface area contributed by atoms with Gasteiger partial charge in [0.25, 0.3) is 0 Å². The van der Waals surface area contributed by atoms with Crippen LogP contribution in [0.25, 0.3) is 0 Å². The van der Waals surface area contributed by atoms with Crippen molar-refractivity contribution >= 4 is 17.4 Å². The zero-order valence-electron chi connectivity index (χ0n) is 17.1. The molecule has 0 spiro atoms. The maximum absolute atomic E-state index is 12.7. The van der Waals surface area contributed by atoms with Crippen molar-refractivity contribution < 1.29 is 19.0 Å². The number of Topliss-reactive ketones (excluding diaryl/α,β-unsaturated/α-hetero) is 1. The van der Waals surface area contributed by atoms with Crippen molar-refractivity contribution in [1.82, 2.24) is 9.97 Å². The topological polar surface area (TPSA) is 82.6 Å². The number of carbonyl (C=O) groups excluding carboxylic acids is 1. The van der Waals surface area contributed by atoms with Gasteiger partial charge in [0.15, 0.2) is 17.3 Å². The first-order chi connectivity index (χ1) is 14.6. The first-order valence-electron chi connectivity index (χ1n) is 9.63. The van der Waals surface area contributed by atoms with E-state index < -0.39 is 0 Å². The third-order valence-corrected chi connectivity index (χ3v) is 5.26. The number of rotatable bonds is 6. The number of methoxy groups -OCH3 is 3. The lowest BCUT2D eigenvalue weighted by Crippen LogP contribution is -2.21. The highest BCUT2D eigenvalue weighted by Gasteiger charge is 2.28. The van der Waals surface area contributed by atoms with E-state index in [2.05, 4.69) is 15.3 Å². The van der Waals surface area contributed by atoms with E-state index in [4.69, 9.17) is 14.2 Å². The lowest BCUT2D eigenvalue weighted by molar-refractivity contribution is 0.0962. The molecular weight excluding hydrogens is 382 g/mol. The van der Waals surface area contributed by atoms with Crippen LogP contribution in [0.1, 0.15) is 34.0 Å². The molecule has 0 aliphatic heterocycles. The van der Waals surface area contributed by atoms with E-state index in [1.54, 1.807) is 27.5 Å². The number of nitrogens with one attached hydrogen (secondary N) is 1.